The molecule has 1 aliphatic heterocycles. The normalized spacial score (nSPS) is 20.9. The van der Waals surface area contributed by atoms with Crippen LogP contribution in [0, 0.1) is 0 Å². The molecule has 0 aliphatic carbocycles. The molecule has 90 valence electrons. The van der Waals surface area contributed by atoms with Crippen LogP contribution in [0.1, 0.15) is 25.1 Å². The third kappa shape index (κ3) is 2.12. The van der Waals surface area contributed by atoms with Gasteiger partial charge in [0.05, 0.1) is 18.5 Å². The zero-order valence-electron chi connectivity index (χ0n) is 9.34. The zero-order valence-corrected chi connectivity index (χ0v) is 10.1. The van der Waals surface area contributed by atoms with Crippen molar-refractivity contribution >= 4 is 17.2 Å². The minimum atomic E-state index is 0.236. The largest absolute Gasteiger partial charge is 0.378 e. The predicted octanol–water partition coefficient (Wildman–Crippen LogP) is 1.89. The molecule has 3 heterocycles. The highest BCUT2D eigenvalue weighted by atomic mass is 35.5. The average Bonchev–Trinajstić information content (AvgIpc) is 2.75. The smallest absolute Gasteiger partial charge is 0.180 e. The van der Waals surface area contributed by atoms with Crippen molar-refractivity contribution in [2.24, 2.45) is 0 Å². The van der Waals surface area contributed by atoms with Gasteiger partial charge in [-0.15, -0.1) is 10.2 Å². The molecule has 1 unspecified atom stereocenters. The molecule has 3 rings (SSSR count). The monoisotopic (exact) mass is 252 g/mol. The first-order chi connectivity index (χ1) is 8.34. The number of fused-ring (bicyclic) bond motifs is 1. The Hall–Kier alpha value is -1.20. The molecule has 0 spiro atoms. The molecule has 0 bridgehead atoms. The fraction of sp³-hybridized carbons (Fsp3) is 0.545. The Balaban J connectivity index is 1.89. The number of rotatable bonds is 2. The van der Waals surface area contributed by atoms with E-state index in [-0.39, 0.29) is 6.10 Å². The third-order valence-corrected chi connectivity index (χ3v) is 3.29. The van der Waals surface area contributed by atoms with Crippen LogP contribution >= 0.6 is 11.6 Å². The molecule has 1 atom stereocenters. The van der Waals surface area contributed by atoms with Crippen LogP contribution in [-0.4, -0.2) is 32.3 Å². The summed E-state index contributed by atoms with van der Waals surface area (Å²) in [6.07, 6.45) is 7.70. The molecule has 1 aliphatic rings. The molecule has 0 amide bonds. The summed E-state index contributed by atoms with van der Waals surface area (Å²) in [7, 11) is 0. The summed E-state index contributed by atoms with van der Waals surface area (Å²) < 4.78 is 7.53. The second-order valence-electron chi connectivity index (χ2n) is 4.23. The zero-order chi connectivity index (χ0) is 11.7. The first-order valence-electron chi connectivity index (χ1n) is 5.80. The SMILES string of the molecule is Clc1cncc2nnc(CC3CCCCO3)n12. The van der Waals surface area contributed by atoms with Crippen molar-refractivity contribution in [3.63, 3.8) is 0 Å². The summed E-state index contributed by atoms with van der Waals surface area (Å²) >= 11 is 6.10. The number of halogens is 1. The van der Waals surface area contributed by atoms with Crippen molar-refractivity contribution in [1.82, 2.24) is 19.6 Å². The second-order valence-corrected chi connectivity index (χ2v) is 4.62. The summed E-state index contributed by atoms with van der Waals surface area (Å²) in [5, 5.41) is 8.75. The van der Waals surface area contributed by atoms with Crippen molar-refractivity contribution < 1.29 is 4.74 Å². The molecular formula is C11H13ClN4O. The average molecular weight is 253 g/mol. The van der Waals surface area contributed by atoms with Gasteiger partial charge in [-0.2, -0.15) is 0 Å². The quantitative estimate of drug-likeness (QED) is 0.819. The minimum Gasteiger partial charge on any atom is -0.378 e. The third-order valence-electron chi connectivity index (χ3n) is 3.02. The molecule has 2 aromatic heterocycles. The maximum atomic E-state index is 6.10. The Labute approximate surface area is 104 Å². The van der Waals surface area contributed by atoms with E-state index in [1.165, 1.54) is 6.42 Å². The summed E-state index contributed by atoms with van der Waals surface area (Å²) in [5.74, 6) is 0.847. The lowest BCUT2D eigenvalue weighted by molar-refractivity contribution is 0.0155. The fourth-order valence-electron chi connectivity index (χ4n) is 2.17. The van der Waals surface area contributed by atoms with Crippen LogP contribution in [0.4, 0.5) is 0 Å². The van der Waals surface area contributed by atoms with E-state index in [9.17, 15) is 0 Å². The van der Waals surface area contributed by atoms with E-state index in [2.05, 4.69) is 15.2 Å². The Morgan fingerprint density at radius 2 is 2.29 bits per heavy atom. The molecule has 0 saturated carbocycles. The van der Waals surface area contributed by atoms with Gasteiger partial charge in [-0.1, -0.05) is 11.6 Å². The summed E-state index contributed by atoms with van der Waals surface area (Å²) in [6, 6.07) is 0. The molecule has 1 fully saturated rings. The van der Waals surface area contributed by atoms with Crippen LogP contribution in [0.5, 0.6) is 0 Å². The Morgan fingerprint density at radius 1 is 1.35 bits per heavy atom. The van der Waals surface area contributed by atoms with Gasteiger partial charge in [0.15, 0.2) is 5.65 Å². The topological polar surface area (TPSA) is 52.3 Å². The second kappa shape index (κ2) is 4.58. The van der Waals surface area contributed by atoms with Gasteiger partial charge in [-0.25, -0.2) is 0 Å². The van der Waals surface area contributed by atoms with E-state index < -0.39 is 0 Å². The molecule has 5 nitrogen and oxygen atoms in total. The lowest BCUT2D eigenvalue weighted by atomic mass is 10.1. The molecule has 0 aromatic carbocycles. The van der Waals surface area contributed by atoms with Crippen molar-refractivity contribution in [2.45, 2.75) is 31.8 Å². The van der Waals surface area contributed by atoms with Gasteiger partial charge in [0.2, 0.25) is 0 Å². The summed E-state index contributed by atoms with van der Waals surface area (Å²) in [4.78, 5) is 3.99. The van der Waals surface area contributed by atoms with E-state index in [1.54, 1.807) is 12.4 Å². The van der Waals surface area contributed by atoms with Crippen molar-refractivity contribution in [3.8, 4) is 0 Å². The molecule has 0 radical (unpaired) electrons. The Kier molecular flexibility index (Phi) is 2.94. The van der Waals surface area contributed by atoms with E-state index in [0.29, 0.717) is 10.8 Å². The maximum absolute atomic E-state index is 6.10. The number of ether oxygens (including phenoxy) is 1. The van der Waals surface area contributed by atoms with E-state index in [4.69, 9.17) is 16.3 Å². The van der Waals surface area contributed by atoms with E-state index in [1.807, 2.05) is 4.40 Å². The van der Waals surface area contributed by atoms with Gasteiger partial charge in [0.25, 0.3) is 0 Å². The van der Waals surface area contributed by atoms with Crippen LogP contribution in [-0.2, 0) is 11.2 Å². The molecule has 6 heteroatoms. The Morgan fingerprint density at radius 3 is 3.12 bits per heavy atom. The highest BCUT2D eigenvalue weighted by molar-refractivity contribution is 6.29. The molecule has 0 N–H and O–H groups in total. The first kappa shape index (κ1) is 10.9. The van der Waals surface area contributed by atoms with Gasteiger partial charge in [0.1, 0.15) is 11.0 Å². The van der Waals surface area contributed by atoms with Gasteiger partial charge in [0, 0.05) is 13.0 Å². The highest BCUT2D eigenvalue weighted by Gasteiger charge is 2.18. The van der Waals surface area contributed by atoms with Gasteiger partial charge >= 0.3 is 0 Å². The van der Waals surface area contributed by atoms with Crippen molar-refractivity contribution in [2.75, 3.05) is 6.61 Å². The van der Waals surface area contributed by atoms with Gasteiger partial charge in [-0.3, -0.25) is 9.38 Å². The fourth-order valence-corrected chi connectivity index (χ4v) is 2.41. The lowest BCUT2D eigenvalue weighted by Crippen LogP contribution is -2.22. The van der Waals surface area contributed by atoms with Gasteiger partial charge in [-0.05, 0) is 19.3 Å². The molecule has 2 aromatic rings. The van der Waals surface area contributed by atoms with Crippen molar-refractivity contribution in [1.29, 1.82) is 0 Å². The van der Waals surface area contributed by atoms with Crippen LogP contribution in [0.3, 0.4) is 0 Å². The highest BCUT2D eigenvalue weighted by Crippen LogP contribution is 2.18. The molecular weight excluding hydrogens is 240 g/mol. The Bertz CT molecular complexity index is 521. The van der Waals surface area contributed by atoms with Gasteiger partial charge < -0.3 is 4.74 Å². The minimum absolute atomic E-state index is 0.236. The summed E-state index contributed by atoms with van der Waals surface area (Å²) in [6.45, 7) is 0.844. The first-order valence-corrected chi connectivity index (χ1v) is 6.17. The van der Waals surface area contributed by atoms with Crippen molar-refractivity contribution in [3.05, 3.63) is 23.4 Å². The maximum Gasteiger partial charge on any atom is 0.180 e. The van der Waals surface area contributed by atoms with Crippen LogP contribution < -0.4 is 0 Å². The predicted molar refractivity (Wildman–Crippen MR) is 63.1 cm³/mol. The molecule has 1 saturated heterocycles. The standard InChI is InChI=1S/C11H13ClN4O/c12-9-6-13-7-11-15-14-10(16(9)11)5-8-3-1-2-4-17-8/h6-8H,1-5H2. The number of hydrogen-bond donors (Lipinski definition) is 0. The van der Waals surface area contributed by atoms with Crippen LogP contribution in [0.2, 0.25) is 5.15 Å². The number of hydrogen-bond acceptors (Lipinski definition) is 4. The van der Waals surface area contributed by atoms with Crippen LogP contribution in [0.25, 0.3) is 5.65 Å². The lowest BCUT2D eigenvalue weighted by Gasteiger charge is -2.21. The van der Waals surface area contributed by atoms with Crippen LogP contribution in [0.15, 0.2) is 12.4 Å². The van der Waals surface area contributed by atoms with E-state index >= 15 is 0 Å². The number of nitrogens with zero attached hydrogens (tertiary/aromatic N) is 4. The number of aromatic nitrogens is 4. The summed E-state index contributed by atoms with van der Waals surface area (Å²) in [5.41, 5.74) is 0.684. The molecule has 17 heavy (non-hydrogen) atoms. The van der Waals surface area contributed by atoms with E-state index in [0.717, 1.165) is 31.7 Å².